The van der Waals surface area contributed by atoms with E-state index in [0.29, 0.717) is 17.7 Å². The maximum Gasteiger partial charge on any atom is 0.299 e. The molecular weight excluding hydrogens is 404 g/mol. The van der Waals surface area contributed by atoms with E-state index < -0.39 is 15.9 Å². The Morgan fingerprint density at radius 2 is 1.50 bits per heavy atom. The molecule has 1 N–H and O–H groups in total. The highest BCUT2D eigenvalue weighted by molar-refractivity contribution is 7.86. The summed E-state index contributed by atoms with van der Waals surface area (Å²) in [5.41, 5.74) is 5.03. The molecule has 0 aliphatic carbocycles. The summed E-state index contributed by atoms with van der Waals surface area (Å²) in [6.07, 6.45) is 0.405. The predicted octanol–water partition coefficient (Wildman–Crippen LogP) is 4.29. The summed E-state index contributed by atoms with van der Waals surface area (Å²) in [5.74, 6) is -0.427. The molecule has 0 amide bonds. The van der Waals surface area contributed by atoms with Crippen LogP contribution in [-0.2, 0) is 20.7 Å². The van der Waals surface area contributed by atoms with Gasteiger partial charge in [-0.15, -0.1) is 0 Å². The highest BCUT2D eigenvalue weighted by Crippen LogP contribution is 2.39. The monoisotopic (exact) mass is 436 g/mol. The van der Waals surface area contributed by atoms with Crippen LogP contribution in [0.5, 0.6) is 11.5 Å². The van der Waals surface area contributed by atoms with Gasteiger partial charge >= 0.3 is 0 Å². The van der Waals surface area contributed by atoms with Crippen LogP contribution < -0.4 is 9.47 Å². The van der Waals surface area contributed by atoms with Gasteiger partial charge in [-0.05, 0) is 81.8 Å². The Balaban J connectivity index is 2.33. The zero-order chi connectivity index (χ0) is 22.9. The first-order valence-corrected chi connectivity index (χ1v) is 11.2. The first kappa shape index (κ1) is 24.2. The van der Waals surface area contributed by atoms with Crippen LogP contribution in [-0.4, -0.2) is 33.5 Å². The van der Waals surface area contributed by atoms with Gasteiger partial charge in [-0.3, -0.25) is 0 Å². The molecule has 0 aromatic heterocycles. The Labute approximate surface area is 179 Å². The molecule has 2 aromatic carbocycles. The molecule has 30 heavy (non-hydrogen) atoms. The summed E-state index contributed by atoms with van der Waals surface area (Å²) in [7, 11) is -0.929. The molecule has 0 radical (unpaired) electrons. The second kappa shape index (κ2) is 8.96. The highest BCUT2D eigenvalue weighted by Gasteiger charge is 2.32. The smallest absolute Gasteiger partial charge is 0.299 e. The van der Waals surface area contributed by atoms with Crippen molar-refractivity contribution in [1.82, 2.24) is 0 Å². The van der Waals surface area contributed by atoms with E-state index in [-0.39, 0.29) is 11.3 Å². The Morgan fingerprint density at radius 1 is 0.933 bits per heavy atom. The SMILES string of the molecule is COc1c(C)c(C)c(OC)c(CC[C@@](C)(O)OS(=O)(=O)c2cc(C)ccc2C)c1C. The maximum absolute atomic E-state index is 12.8. The maximum atomic E-state index is 12.8. The first-order chi connectivity index (χ1) is 13.8. The van der Waals surface area contributed by atoms with Gasteiger partial charge in [-0.2, -0.15) is 8.42 Å². The van der Waals surface area contributed by atoms with Crippen LogP contribution in [0.3, 0.4) is 0 Å². The highest BCUT2D eigenvalue weighted by atomic mass is 32.2. The Bertz CT molecular complexity index is 1040. The Kier molecular flexibility index (Phi) is 7.22. The minimum Gasteiger partial charge on any atom is -0.496 e. The number of ether oxygens (including phenoxy) is 2. The van der Waals surface area contributed by atoms with E-state index in [0.717, 1.165) is 33.6 Å². The van der Waals surface area contributed by atoms with Crippen molar-refractivity contribution in [3.63, 3.8) is 0 Å². The van der Waals surface area contributed by atoms with E-state index in [9.17, 15) is 13.5 Å². The number of benzene rings is 2. The number of rotatable bonds is 8. The third-order valence-electron chi connectivity index (χ3n) is 5.46. The van der Waals surface area contributed by atoms with Crippen molar-refractivity contribution in [2.45, 2.75) is 65.1 Å². The Morgan fingerprint density at radius 3 is 2.07 bits per heavy atom. The summed E-state index contributed by atoms with van der Waals surface area (Å²) in [6, 6.07) is 5.09. The summed E-state index contributed by atoms with van der Waals surface area (Å²) in [6.45, 7) is 10.7. The predicted molar refractivity (Wildman–Crippen MR) is 117 cm³/mol. The van der Waals surface area contributed by atoms with Crippen molar-refractivity contribution in [2.75, 3.05) is 14.2 Å². The van der Waals surface area contributed by atoms with E-state index >= 15 is 0 Å². The topological polar surface area (TPSA) is 82.1 Å². The molecule has 7 heteroatoms. The third kappa shape index (κ3) is 4.96. The second-order valence-electron chi connectivity index (χ2n) is 7.90. The van der Waals surface area contributed by atoms with Crippen LogP contribution in [0, 0.1) is 34.6 Å². The van der Waals surface area contributed by atoms with Crippen molar-refractivity contribution < 1.29 is 27.2 Å². The van der Waals surface area contributed by atoms with Crippen LogP contribution in [0.1, 0.15) is 46.7 Å². The molecule has 2 aromatic rings. The lowest BCUT2D eigenvalue weighted by molar-refractivity contribution is -0.122. The standard InChI is InChI=1S/C23H32O6S/c1-14-9-10-15(2)20(13-14)30(25,26)29-23(6,24)12-11-19-18(5)21(27-7)16(3)17(4)22(19)28-8/h9-10,13,24H,11-12H2,1-8H3/t23-/m0/s1. The normalized spacial score (nSPS) is 13.8. The van der Waals surface area contributed by atoms with Gasteiger partial charge in [-0.25, -0.2) is 4.18 Å². The van der Waals surface area contributed by atoms with Gasteiger partial charge in [0.2, 0.25) is 0 Å². The van der Waals surface area contributed by atoms with Crippen molar-refractivity contribution in [1.29, 1.82) is 0 Å². The van der Waals surface area contributed by atoms with Crippen LogP contribution in [0.2, 0.25) is 0 Å². The van der Waals surface area contributed by atoms with E-state index in [1.165, 1.54) is 6.92 Å². The average Bonchev–Trinajstić information content (AvgIpc) is 2.65. The summed E-state index contributed by atoms with van der Waals surface area (Å²) in [5, 5.41) is 10.8. The Hall–Kier alpha value is -2.09. The molecule has 0 saturated carbocycles. The van der Waals surface area contributed by atoms with Crippen LogP contribution >= 0.6 is 0 Å². The molecule has 0 bridgehead atoms. The molecule has 0 aliphatic rings. The third-order valence-corrected chi connectivity index (χ3v) is 7.02. The van der Waals surface area contributed by atoms with Gasteiger partial charge in [0.1, 0.15) is 11.5 Å². The van der Waals surface area contributed by atoms with Gasteiger partial charge in [0.25, 0.3) is 10.1 Å². The summed E-state index contributed by atoms with van der Waals surface area (Å²) >= 11 is 0. The van der Waals surface area contributed by atoms with Crippen LogP contribution in [0.15, 0.2) is 23.1 Å². The molecule has 0 unspecified atom stereocenters. The zero-order valence-corrected chi connectivity index (χ0v) is 19.9. The molecule has 1 atom stereocenters. The molecule has 0 spiro atoms. The summed E-state index contributed by atoms with van der Waals surface area (Å²) in [4.78, 5) is 0.0596. The van der Waals surface area contributed by atoms with Gasteiger partial charge < -0.3 is 14.6 Å². The van der Waals surface area contributed by atoms with Gasteiger partial charge in [0.05, 0.1) is 19.1 Å². The van der Waals surface area contributed by atoms with E-state index in [1.54, 1.807) is 40.2 Å². The average molecular weight is 437 g/mol. The molecule has 6 nitrogen and oxygen atoms in total. The molecule has 166 valence electrons. The van der Waals surface area contributed by atoms with Crippen LogP contribution in [0.4, 0.5) is 0 Å². The van der Waals surface area contributed by atoms with E-state index in [1.807, 2.05) is 26.8 Å². The molecule has 2 rings (SSSR count). The van der Waals surface area contributed by atoms with E-state index in [2.05, 4.69) is 0 Å². The number of hydrogen-bond donors (Lipinski definition) is 1. The number of methoxy groups -OCH3 is 2. The number of aliphatic hydroxyl groups is 1. The van der Waals surface area contributed by atoms with Crippen molar-refractivity contribution in [3.05, 3.63) is 51.6 Å². The largest absolute Gasteiger partial charge is 0.496 e. The van der Waals surface area contributed by atoms with Crippen molar-refractivity contribution in [2.24, 2.45) is 0 Å². The van der Waals surface area contributed by atoms with Crippen molar-refractivity contribution in [3.8, 4) is 11.5 Å². The molecule has 0 saturated heterocycles. The fourth-order valence-corrected chi connectivity index (χ4v) is 5.13. The van der Waals surface area contributed by atoms with Gasteiger partial charge in [0.15, 0.2) is 5.79 Å². The van der Waals surface area contributed by atoms with Gasteiger partial charge in [0, 0.05) is 12.0 Å². The molecule has 0 aliphatic heterocycles. The first-order valence-electron chi connectivity index (χ1n) is 9.80. The van der Waals surface area contributed by atoms with Crippen molar-refractivity contribution >= 4 is 10.1 Å². The lowest BCUT2D eigenvalue weighted by Gasteiger charge is -2.26. The second-order valence-corrected chi connectivity index (χ2v) is 9.42. The minimum absolute atomic E-state index is 0.0555. The van der Waals surface area contributed by atoms with Gasteiger partial charge in [-0.1, -0.05) is 12.1 Å². The van der Waals surface area contributed by atoms with Crippen LogP contribution in [0.25, 0.3) is 0 Å². The molecular formula is C23H32O6S. The quantitative estimate of drug-likeness (QED) is 0.491. The zero-order valence-electron chi connectivity index (χ0n) is 19.0. The number of aryl methyl sites for hydroxylation is 2. The molecule has 0 heterocycles. The lowest BCUT2D eigenvalue weighted by Crippen LogP contribution is -2.32. The lowest BCUT2D eigenvalue weighted by atomic mass is 9.93. The summed E-state index contributed by atoms with van der Waals surface area (Å²) < 4.78 is 42.0. The minimum atomic E-state index is -4.13. The number of hydrogen-bond acceptors (Lipinski definition) is 6. The fraction of sp³-hybridized carbons (Fsp3) is 0.478. The van der Waals surface area contributed by atoms with E-state index in [4.69, 9.17) is 13.7 Å². The molecule has 0 fully saturated rings. The fourth-order valence-electron chi connectivity index (χ4n) is 3.70.